The van der Waals surface area contributed by atoms with Crippen molar-refractivity contribution in [2.75, 3.05) is 6.54 Å². The number of alkyl carbamates (subject to hydrolysis) is 1. The van der Waals surface area contributed by atoms with Crippen LogP contribution in [0.3, 0.4) is 0 Å². The average molecular weight is 409 g/mol. The summed E-state index contributed by atoms with van der Waals surface area (Å²) in [5, 5.41) is 11.7. The van der Waals surface area contributed by atoms with Gasteiger partial charge in [0.25, 0.3) is 6.29 Å². The van der Waals surface area contributed by atoms with Gasteiger partial charge < -0.3 is 24.6 Å². The first-order valence-electron chi connectivity index (χ1n) is 9.77. The minimum Gasteiger partial charge on any atom is -0.478 e. The van der Waals surface area contributed by atoms with Crippen molar-refractivity contribution in [2.45, 2.75) is 59.9 Å². The van der Waals surface area contributed by atoms with Crippen molar-refractivity contribution in [3.8, 4) is 5.75 Å². The van der Waals surface area contributed by atoms with E-state index in [-0.39, 0.29) is 18.4 Å². The molecule has 8 nitrogen and oxygen atoms in total. The molecule has 0 heterocycles. The van der Waals surface area contributed by atoms with E-state index in [1.807, 2.05) is 13.0 Å². The Labute approximate surface area is 171 Å². The first-order valence-corrected chi connectivity index (χ1v) is 9.77. The zero-order chi connectivity index (χ0) is 22.0. The van der Waals surface area contributed by atoms with E-state index >= 15 is 0 Å². The molecule has 0 aromatic heterocycles. The Kier molecular flexibility index (Phi) is 9.99. The van der Waals surface area contributed by atoms with E-state index in [9.17, 15) is 19.5 Å². The maximum absolute atomic E-state index is 12.1. The van der Waals surface area contributed by atoms with Gasteiger partial charge in [-0.15, -0.1) is 0 Å². The number of esters is 1. The number of carboxylic acid groups (broad SMARTS) is 1. The predicted octanol–water partition coefficient (Wildman–Crippen LogP) is 3.38. The number of carbonyl (C=O) groups excluding carboxylic acids is 2. The molecular weight excluding hydrogens is 378 g/mol. The lowest BCUT2D eigenvalue weighted by Gasteiger charge is -2.23. The predicted molar refractivity (Wildman–Crippen MR) is 107 cm³/mol. The highest BCUT2D eigenvalue weighted by molar-refractivity contribution is 5.75. The van der Waals surface area contributed by atoms with Crippen molar-refractivity contribution in [1.29, 1.82) is 0 Å². The summed E-state index contributed by atoms with van der Waals surface area (Å²) in [6.45, 7) is 8.55. The third kappa shape index (κ3) is 8.85. The molecule has 0 radical (unpaired) electrons. The molecule has 0 saturated heterocycles. The minimum absolute atomic E-state index is 0.267. The molecule has 0 aliphatic heterocycles. The molecule has 162 valence electrons. The third-order valence-electron chi connectivity index (χ3n) is 3.89. The summed E-state index contributed by atoms with van der Waals surface area (Å²) in [6, 6.07) is 7.16. The van der Waals surface area contributed by atoms with Crippen LogP contribution in [0.5, 0.6) is 5.75 Å². The van der Waals surface area contributed by atoms with Gasteiger partial charge in [0.1, 0.15) is 5.75 Å². The maximum Gasteiger partial charge on any atom is 0.410 e. The zero-order valence-electron chi connectivity index (χ0n) is 17.6. The number of aliphatic carboxylic acids is 1. The lowest BCUT2D eigenvalue weighted by molar-refractivity contribution is -0.178. The van der Waals surface area contributed by atoms with Crippen molar-refractivity contribution in [3.63, 3.8) is 0 Å². The molecule has 0 fully saturated rings. The smallest absolute Gasteiger partial charge is 0.410 e. The third-order valence-corrected chi connectivity index (χ3v) is 3.89. The van der Waals surface area contributed by atoms with Gasteiger partial charge >= 0.3 is 18.0 Å². The summed E-state index contributed by atoms with van der Waals surface area (Å²) in [6.07, 6.45) is -1.45. The topological polar surface area (TPSA) is 111 Å². The van der Waals surface area contributed by atoms with Crippen LogP contribution in [0.1, 0.15) is 46.6 Å². The number of rotatable bonds is 11. The fraction of sp³-hybridized carbons (Fsp3) is 0.571. The average Bonchev–Trinajstić information content (AvgIpc) is 2.64. The number of nitrogens with one attached hydrogen (secondary N) is 1. The van der Waals surface area contributed by atoms with Gasteiger partial charge in [0.05, 0.1) is 12.5 Å². The quantitative estimate of drug-likeness (QED) is 0.426. The maximum atomic E-state index is 12.1. The van der Waals surface area contributed by atoms with E-state index < -0.39 is 30.4 Å². The number of hydrogen-bond acceptors (Lipinski definition) is 6. The largest absolute Gasteiger partial charge is 0.478 e. The Morgan fingerprint density at radius 2 is 1.79 bits per heavy atom. The van der Waals surface area contributed by atoms with Gasteiger partial charge in [0.2, 0.25) is 6.10 Å². The van der Waals surface area contributed by atoms with Gasteiger partial charge in [0.15, 0.2) is 0 Å². The van der Waals surface area contributed by atoms with Crippen LogP contribution in [0.15, 0.2) is 24.3 Å². The summed E-state index contributed by atoms with van der Waals surface area (Å²) in [5.41, 5.74) is 1.04. The Bertz CT molecular complexity index is 687. The van der Waals surface area contributed by atoms with E-state index in [4.69, 9.17) is 14.2 Å². The highest BCUT2D eigenvalue weighted by Gasteiger charge is 2.26. The number of benzene rings is 1. The minimum atomic E-state index is -1.30. The fourth-order valence-corrected chi connectivity index (χ4v) is 2.28. The highest BCUT2D eigenvalue weighted by atomic mass is 16.7. The normalized spacial score (nSPS) is 12.9. The van der Waals surface area contributed by atoms with Crippen molar-refractivity contribution in [1.82, 2.24) is 5.32 Å². The second kappa shape index (κ2) is 11.9. The van der Waals surface area contributed by atoms with Gasteiger partial charge in [-0.25, -0.2) is 9.59 Å². The van der Waals surface area contributed by atoms with E-state index in [0.717, 1.165) is 18.4 Å². The summed E-state index contributed by atoms with van der Waals surface area (Å²) >= 11 is 0. The van der Waals surface area contributed by atoms with Crippen LogP contribution >= 0.6 is 0 Å². The molecule has 1 amide bonds. The lowest BCUT2D eigenvalue weighted by Crippen LogP contribution is -2.42. The van der Waals surface area contributed by atoms with E-state index in [2.05, 4.69) is 5.32 Å². The molecule has 1 aromatic carbocycles. The van der Waals surface area contributed by atoms with Gasteiger partial charge in [-0.1, -0.05) is 53.2 Å². The molecule has 0 aliphatic rings. The van der Waals surface area contributed by atoms with Gasteiger partial charge in [-0.2, -0.15) is 0 Å². The van der Waals surface area contributed by atoms with Crippen LogP contribution in [-0.4, -0.2) is 42.1 Å². The van der Waals surface area contributed by atoms with Crippen molar-refractivity contribution in [2.24, 2.45) is 11.8 Å². The summed E-state index contributed by atoms with van der Waals surface area (Å²) < 4.78 is 15.8. The highest BCUT2D eigenvalue weighted by Crippen LogP contribution is 2.16. The van der Waals surface area contributed by atoms with Gasteiger partial charge in [0, 0.05) is 5.92 Å². The Morgan fingerprint density at radius 1 is 1.10 bits per heavy atom. The second-order valence-electron chi connectivity index (χ2n) is 7.33. The molecule has 0 aliphatic carbocycles. The second-order valence-corrected chi connectivity index (χ2v) is 7.33. The Morgan fingerprint density at radius 3 is 2.34 bits per heavy atom. The molecule has 2 N–H and O–H groups in total. The standard InChI is InChI=1S/C21H31NO7/c1-6-8-15-9-7-10-16(11-15)27-17(18(23)24)12-22-21(26)29-20(14(4)5)28-19(25)13(2)3/h7,9-11,13-14,17,20H,6,8,12H2,1-5H3,(H,22,26)(H,23,24)/t17-,20-/m0/s1. The monoisotopic (exact) mass is 409 g/mol. The van der Waals surface area contributed by atoms with Gasteiger partial charge in [-0.3, -0.25) is 4.79 Å². The molecular formula is C21H31NO7. The molecule has 0 bridgehead atoms. The van der Waals surface area contributed by atoms with Crippen molar-refractivity contribution >= 4 is 18.0 Å². The van der Waals surface area contributed by atoms with E-state index in [1.54, 1.807) is 45.9 Å². The van der Waals surface area contributed by atoms with Crippen LogP contribution < -0.4 is 10.1 Å². The van der Waals surface area contributed by atoms with Crippen LogP contribution in [-0.2, 0) is 25.5 Å². The summed E-state index contributed by atoms with van der Waals surface area (Å²) in [5.74, 6) is -1.94. The molecule has 0 unspecified atom stereocenters. The first kappa shape index (κ1) is 24.3. The van der Waals surface area contributed by atoms with E-state index in [1.165, 1.54) is 0 Å². The molecule has 1 aromatic rings. The number of ether oxygens (including phenoxy) is 3. The van der Waals surface area contributed by atoms with Crippen molar-refractivity contribution < 1.29 is 33.7 Å². The number of amides is 1. The molecule has 8 heteroatoms. The molecule has 2 atom stereocenters. The summed E-state index contributed by atoms with van der Waals surface area (Å²) in [7, 11) is 0. The molecule has 29 heavy (non-hydrogen) atoms. The van der Waals surface area contributed by atoms with Crippen molar-refractivity contribution in [3.05, 3.63) is 29.8 Å². The number of carbonyl (C=O) groups is 3. The van der Waals surface area contributed by atoms with Gasteiger partial charge in [-0.05, 0) is 24.1 Å². The molecule has 0 saturated carbocycles. The molecule has 1 rings (SSSR count). The number of aryl methyl sites for hydroxylation is 1. The van der Waals surface area contributed by atoms with Crippen LogP contribution in [0, 0.1) is 11.8 Å². The molecule has 0 spiro atoms. The lowest BCUT2D eigenvalue weighted by atomic mass is 10.1. The van der Waals surface area contributed by atoms with E-state index in [0.29, 0.717) is 5.75 Å². The first-order chi connectivity index (χ1) is 13.6. The van der Waals surface area contributed by atoms with Crippen LogP contribution in [0.4, 0.5) is 4.79 Å². The Balaban J connectivity index is 2.66. The number of hydrogen-bond donors (Lipinski definition) is 2. The SMILES string of the molecule is CCCc1cccc(O[C@@H](CNC(=O)O[C@H](OC(=O)C(C)C)C(C)C)C(=O)O)c1. The Hall–Kier alpha value is -2.77. The zero-order valence-corrected chi connectivity index (χ0v) is 17.6. The van der Waals surface area contributed by atoms with Crippen LogP contribution in [0.2, 0.25) is 0 Å². The fourth-order valence-electron chi connectivity index (χ4n) is 2.28. The summed E-state index contributed by atoms with van der Waals surface area (Å²) in [4.78, 5) is 35.3. The number of carboxylic acids is 1. The van der Waals surface area contributed by atoms with Crippen LogP contribution in [0.25, 0.3) is 0 Å².